The second-order valence-electron chi connectivity index (χ2n) is 5.87. The molecule has 0 radical (unpaired) electrons. The Hall–Kier alpha value is -0.800. The molecule has 1 N–H and O–H groups in total. The highest BCUT2D eigenvalue weighted by molar-refractivity contribution is 5.14. The Morgan fingerprint density at radius 1 is 1.39 bits per heavy atom. The molecule has 2 saturated heterocycles. The van der Waals surface area contributed by atoms with E-state index in [0.717, 1.165) is 24.3 Å². The fourth-order valence-electron chi connectivity index (χ4n) is 3.45. The first-order valence-corrected chi connectivity index (χ1v) is 7.31. The molecule has 2 atom stereocenters. The molecule has 0 amide bonds. The molecule has 3 heterocycles. The van der Waals surface area contributed by atoms with E-state index in [1.165, 1.54) is 50.9 Å². The Labute approximate surface area is 110 Å². The van der Waals surface area contributed by atoms with Crippen LogP contribution in [0.15, 0.2) is 16.7 Å². The third kappa shape index (κ3) is 2.62. The molecule has 3 nitrogen and oxygen atoms in total. The number of furan rings is 1. The van der Waals surface area contributed by atoms with Crippen molar-refractivity contribution >= 4 is 0 Å². The Morgan fingerprint density at radius 2 is 2.33 bits per heavy atom. The lowest BCUT2D eigenvalue weighted by molar-refractivity contribution is 0.137. The SMILES string of the molecule is Cc1ccoc1CN1CCCC(C2CCCN2)C1. The number of hydrogen-bond donors (Lipinski definition) is 1. The maximum Gasteiger partial charge on any atom is 0.120 e. The predicted octanol–water partition coefficient (Wildman–Crippen LogP) is 2.55. The van der Waals surface area contributed by atoms with Crippen LogP contribution in [0.5, 0.6) is 0 Å². The summed E-state index contributed by atoms with van der Waals surface area (Å²) in [5, 5.41) is 3.67. The van der Waals surface area contributed by atoms with E-state index in [0.29, 0.717) is 0 Å². The molecule has 0 bridgehead atoms. The molecular formula is C15H24N2O. The van der Waals surface area contributed by atoms with Gasteiger partial charge in [0.15, 0.2) is 0 Å². The highest BCUT2D eigenvalue weighted by Crippen LogP contribution is 2.26. The third-order valence-corrected chi connectivity index (χ3v) is 4.54. The summed E-state index contributed by atoms with van der Waals surface area (Å²) < 4.78 is 5.57. The Kier molecular flexibility index (Phi) is 3.71. The van der Waals surface area contributed by atoms with Gasteiger partial charge in [-0.15, -0.1) is 0 Å². The van der Waals surface area contributed by atoms with Gasteiger partial charge in [-0.05, 0) is 63.2 Å². The first-order chi connectivity index (χ1) is 8.83. The first-order valence-electron chi connectivity index (χ1n) is 7.31. The van der Waals surface area contributed by atoms with Gasteiger partial charge in [0, 0.05) is 12.6 Å². The van der Waals surface area contributed by atoms with Crippen molar-refractivity contribution in [3.05, 3.63) is 23.7 Å². The van der Waals surface area contributed by atoms with Crippen molar-refractivity contribution in [3.8, 4) is 0 Å². The van der Waals surface area contributed by atoms with Gasteiger partial charge in [0.1, 0.15) is 5.76 Å². The van der Waals surface area contributed by atoms with Crippen molar-refractivity contribution in [2.45, 2.75) is 45.2 Å². The largest absolute Gasteiger partial charge is 0.468 e. The summed E-state index contributed by atoms with van der Waals surface area (Å²) in [6, 6.07) is 2.83. The summed E-state index contributed by atoms with van der Waals surface area (Å²) in [4.78, 5) is 2.57. The zero-order valence-corrected chi connectivity index (χ0v) is 11.3. The lowest BCUT2D eigenvalue weighted by Gasteiger charge is -2.35. The first kappa shape index (κ1) is 12.2. The van der Waals surface area contributed by atoms with Gasteiger partial charge in [0.2, 0.25) is 0 Å². The van der Waals surface area contributed by atoms with Crippen molar-refractivity contribution < 1.29 is 4.42 Å². The van der Waals surface area contributed by atoms with Crippen LogP contribution in [-0.2, 0) is 6.54 Å². The zero-order chi connectivity index (χ0) is 12.4. The number of nitrogens with one attached hydrogen (secondary N) is 1. The Morgan fingerprint density at radius 3 is 3.06 bits per heavy atom. The quantitative estimate of drug-likeness (QED) is 0.891. The molecule has 0 spiro atoms. The Balaban J connectivity index is 1.58. The molecule has 0 aromatic carbocycles. The zero-order valence-electron chi connectivity index (χ0n) is 11.3. The second-order valence-corrected chi connectivity index (χ2v) is 5.87. The number of piperidine rings is 1. The van der Waals surface area contributed by atoms with E-state index < -0.39 is 0 Å². The molecule has 18 heavy (non-hydrogen) atoms. The van der Waals surface area contributed by atoms with E-state index in [1.807, 2.05) is 6.26 Å². The van der Waals surface area contributed by atoms with E-state index in [1.54, 1.807) is 0 Å². The average Bonchev–Trinajstić information content (AvgIpc) is 3.02. The van der Waals surface area contributed by atoms with Crippen molar-refractivity contribution in [2.75, 3.05) is 19.6 Å². The highest BCUT2D eigenvalue weighted by atomic mass is 16.3. The van der Waals surface area contributed by atoms with Crippen LogP contribution in [0.25, 0.3) is 0 Å². The molecule has 0 saturated carbocycles. The fraction of sp³-hybridized carbons (Fsp3) is 0.733. The number of hydrogen-bond acceptors (Lipinski definition) is 3. The van der Waals surface area contributed by atoms with Crippen LogP contribution in [-0.4, -0.2) is 30.6 Å². The molecule has 1 aromatic rings. The standard InChI is InChI=1S/C15H24N2O/c1-12-6-9-18-15(12)11-17-8-3-4-13(10-17)14-5-2-7-16-14/h6,9,13-14,16H,2-5,7-8,10-11H2,1H3. The van der Waals surface area contributed by atoms with Crippen LogP contribution in [0.1, 0.15) is 37.0 Å². The number of rotatable bonds is 3. The van der Waals surface area contributed by atoms with Gasteiger partial charge in [0.25, 0.3) is 0 Å². The van der Waals surface area contributed by atoms with Gasteiger partial charge in [-0.2, -0.15) is 0 Å². The van der Waals surface area contributed by atoms with Gasteiger partial charge in [0.05, 0.1) is 12.8 Å². The third-order valence-electron chi connectivity index (χ3n) is 4.54. The summed E-state index contributed by atoms with van der Waals surface area (Å²) in [5.74, 6) is 1.99. The summed E-state index contributed by atoms with van der Waals surface area (Å²) in [7, 11) is 0. The summed E-state index contributed by atoms with van der Waals surface area (Å²) in [6.07, 6.45) is 7.27. The van der Waals surface area contributed by atoms with Crippen LogP contribution in [0.3, 0.4) is 0 Å². The summed E-state index contributed by atoms with van der Waals surface area (Å²) in [6.45, 7) is 6.81. The predicted molar refractivity (Wildman–Crippen MR) is 72.5 cm³/mol. The van der Waals surface area contributed by atoms with Crippen molar-refractivity contribution in [1.29, 1.82) is 0 Å². The molecule has 1 aromatic heterocycles. The molecule has 2 unspecified atom stereocenters. The van der Waals surface area contributed by atoms with Crippen molar-refractivity contribution in [1.82, 2.24) is 10.2 Å². The van der Waals surface area contributed by atoms with E-state index in [9.17, 15) is 0 Å². The maximum atomic E-state index is 5.57. The summed E-state index contributed by atoms with van der Waals surface area (Å²) >= 11 is 0. The van der Waals surface area contributed by atoms with E-state index in [-0.39, 0.29) is 0 Å². The molecule has 3 rings (SSSR count). The normalized spacial score (nSPS) is 29.8. The number of aryl methyl sites for hydroxylation is 1. The molecular weight excluding hydrogens is 224 g/mol. The van der Waals surface area contributed by atoms with E-state index in [2.05, 4.69) is 23.2 Å². The lowest BCUT2D eigenvalue weighted by atomic mass is 9.89. The minimum Gasteiger partial charge on any atom is -0.468 e. The van der Waals surface area contributed by atoms with Gasteiger partial charge in [-0.3, -0.25) is 4.90 Å². The van der Waals surface area contributed by atoms with Crippen molar-refractivity contribution in [3.63, 3.8) is 0 Å². The number of nitrogens with zero attached hydrogens (tertiary/aromatic N) is 1. The van der Waals surface area contributed by atoms with Gasteiger partial charge in [-0.25, -0.2) is 0 Å². The second kappa shape index (κ2) is 5.45. The fourth-order valence-corrected chi connectivity index (χ4v) is 3.45. The van der Waals surface area contributed by atoms with Gasteiger partial charge in [-0.1, -0.05) is 0 Å². The van der Waals surface area contributed by atoms with Gasteiger partial charge < -0.3 is 9.73 Å². The lowest BCUT2D eigenvalue weighted by Crippen LogP contribution is -2.43. The molecule has 0 aliphatic carbocycles. The maximum absolute atomic E-state index is 5.57. The van der Waals surface area contributed by atoms with Crippen molar-refractivity contribution in [2.24, 2.45) is 5.92 Å². The van der Waals surface area contributed by atoms with Crippen LogP contribution in [0.4, 0.5) is 0 Å². The minimum absolute atomic E-state index is 0.769. The topological polar surface area (TPSA) is 28.4 Å². The molecule has 2 aliphatic heterocycles. The van der Waals surface area contributed by atoms with Crippen LogP contribution < -0.4 is 5.32 Å². The molecule has 100 valence electrons. The van der Waals surface area contributed by atoms with Crippen LogP contribution in [0.2, 0.25) is 0 Å². The average molecular weight is 248 g/mol. The minimum atomic E-state index is 0.769. The van der Waals surface area contributed by atoms with E-state index in [4.69, 9.17) is 4.42 Å². The highest BCUT2D eigenvalue weighted by Gasteiger charge is 2.29. The van der Waals surface area contributed by atoms with Crippen LogP contribution >= 0.6 is 0 Å². The molecule has 2 fully saturated rings. The summed E-state index contributed by atoms with van der Waals surface area (Å²) in [5.41, 5.74) is 1.29. The van der Waals surface area contributed by atoms with E-state index >= 15 is 0 Å². The smallest absolute Gasteiger partial charge is 0.120 e. The molecule has 2 aliphatic rings. The number of likely N-dealkylation sites (tertiary alicyclic amines) is 1. The molecule has 3 heteroatoms. The monoisotopic (exact) mass is 248 g/mol. The van der Waals surface area contributed by atoms with Crippen LogP contribution in [0, 0.1) is 12.8 Å². The Bertz CT molecular complexity index is 382. The van der Waals surface area contributed by atoms with Gasteiger partial charge >= 0.3 is 0 Å².